The molecule has 1 fully saturated rings. The summed E-state index contributed by atoms with van der Waals surface area (Å²) in [6.07, 6.45) is 3.48. The van der Waals surface area contributed by atoms with Crippen molar-refractivity contribution < 1.29 is 0 Å². The normalized spacial score (nSPS) is 15.2. The lowest BCUT2D eigenvalue weighted by molar-refractivity contribution is 0.750. The lowest BCUT2D eigenvalue weighted by Crippen LogP contribution is -2.16. The van der Waals surface area contributed by atoms with Crippen LogP contribution in [0, 0.1) is 13.8 Å². The van der Waals surface area contributed by atoms with Crippen molar-refractivity contribution in [1.82, 2.24) is 9.97 Å². The summed E-state index contributed by atoms with van der Waals surface area (Å²) in [5, 5.41) is 7.63. The molecule has 0 bridgehead atoms. The van der Waals surface area contributed by atoms with E-state index >= 15 is 0 Å². The van der Waals surface area contributed by atoms with Gasteiger partial charge in [0.05, 0.1) is 5.69 Å². The molecule has 5 heteroatoms. The van der Waals surface area contributed by atoms with E-state index in [1.54, 1.807) is 0 Å². The van der Waals surface area contributed by atoms with E-state index in [4.69, 9.17) is 16.6 Å². The molecule has 1 aromatic carbocycles. The highest BCUT2D eigenvalue weighted by atomic mass is 35.5. The van der Waals surface area contributed by atoms with Crippen molar-refractivity contribution in [3.05, 3.63) is 40.0 Å². The molecule has 0 saturated heterocycles. The number of nitrogens with one attached hydrogen (secondary N) is 2. The van der Waals surface area contributed by atoms with Crippen molar-refractivity contribution in [2.75, 3.05) is 10.6 Å². The number of nitrogens with zero attached hydrogens (tertiary/aromatic N) is 2. The molecule has 1 atom stereocenters. The fraction of sp³-hybridized carbons (Fsp3) is 0.474. The maximum Gasteiger partial charge on any atom is 0.225 e. The van der Waals surface area contributed by atoms with Crippen molar-refractivity contribution >= 4 is 29.1 Å². The number of aryl methyl sites for hydroxylation is 2. The first kappa shape index (κ1) is 17.0. The summed E-state index contributed by atoms with van der Waals surface area (Å²) in [5.41, 5.74) is 4.42. The Balaban J connectivity index is 1.92. The summed E-state index contributed by atoms with van der Waals surface area (Å²) in [6, 6.07) is 6.37. The van der Waals surface area contributed by atoms with Gasteiger partial charge in [-0.3, -0.25) is 0 Å². The topological polar surface area (TPSA) is 49.8 Å². The second kappa shape index (κ2) is 6.98. The third-order valence-electron chi connectivity index (χ3n) is 4.48. The monoisotopic (exact) mass is 344 g/mol. The minimum absolute atomic E-state index is 0.353. The third kappa shape index (κ3) is 3.99. The molecule has 0 spiro atoms. The first-order valence-electron chi connectivity index (χ1n) is 8.65. The summed E-state index contributed by atoms with van der Waals surface area (Å²) >= 11 is 6.14. The zero-order valence-electron chi connectivity index (χ0n) is 14.8. The minimum atomic E-state index is 0.353. The number of aromatic nitrogens is 2. The molecule has 4 nitrogen and oxygen atoms in total. The average molecular weight is 345 g/mol. The number of benzene rings is 1. The molecule has 1 aliphatic rings. The van der Waals surface area contributed by atoms with Gasteiger partial charge >= 0.3 is 0 Å². The first-order valence-corrected chi connectivity index (χ1v) is 9.03. The van der Waals surface area contributed by atoms with E-state index < -0.39 is 0 Å². The first-order chi connectivity index (χ1) is 11.5. The van der Waals surface area contributed by atoms with Crippen molar-refractivity contribution in [2.45, 2.75) is 58.9 Å². The van der Waals surface area contributed by atoms with Crippen molar-refractivity contribution in [2.24, 2.45) is 0 Å². The lowest BCUT2D eigenvalue weighted by atomic mass is 10.1. The fourth-order valence-corrected chi connectivity index (χ4v) is 3.07. The van der Waals surface area contributed by atoms with Gasteiger partial charge in [0, 0.05) is 28.7 Å². The summed E-state index contributed by atoms with van der Waals surface area (Å²) in [6.45, 7) is 8.42. The molecule has 1 heterocycles. The molecule has 0 amide bonds. The maximum atomic E-state index is 6.14. The Labute approximate surface area is 149 Å². The second-order valence-electron chi connectivity index (χ2n) is 6.77. The van der Waals surface area contributed by atoms with Gasteiger partial charge in [0.25, 0.3) is 0 Å². The average Bonchev–Trinajstić information content (AvgIpc) is 3.35. The number of halogens is 1. The molecule has 0 aliphatic heterocycles. The van der Waals surface area contributed by atoms with Gasteiger partial charge in [0.1, 0.15) is 5.82 Å². The van der Waals surface area contributed by atoms with Crippen LogP contribution in [-0.2, 0) is 0 Å². The second-order valence-corrected chi connectivity index (χ2v) is 7.21. The molecule has 0 radical (unpaired) electrons. The number of hydrogen-bond acceptors (Lipinski definition) is 4. The van der Waals surface area contributed by atoms with Crippen LogP contribution >= 0.6 is 11.6 Å². The standard InChI is InChI=1S/C19H25ClN4/c1-5-13(4)21-19-22-16(14-6-7-14)10-17(24-19)23-18-11(2)8-15(20)9-12(18)3/h8-10,13-14H,5-7H2,1-4H3,(H2,21,22,23,24)/t13-/m0/s1. The van der Waals surface area contributed by atoms with Gasteiger partial charge in [0.15, 0.2) is 0 Å². The van der Waals surface area contributed by atoms with Crippen LogP contribution < -0.4 is 10.6 Å². The van der Waals surface area contributed by atoms with Gasteiger partial charge in [0.2, 0.25) is 5.95 Å². The smallest absolute Gasteiger partial charge is 0.225 e. The van der Waals surface area contributed by atoms with E-state index in [1.165, 1.54) is 12.8 Å². The van der Waals surface area contributed by atoms with Gasteiger partial charge in [-0.2, -0.15) is 4.98 Å². The van der Waals surface area contributed by atoms with E-state index in [1.807, 2.05) is 12.1 Å². The Bertz CT molecular complexity index is 717. The molecule has 1 saturated carbocycles. The zero-order chi connectivity index (χ0) is 17.3. The van der Waals surface area contributed by atoms with E-state index in [0.29, 0.717) is 17.9 Å². The van der Waals surface area contributed by atoms with Crippen molar-refractivity contribution in [3.63, 3.8) is 0 Å². The Morgan fingerprint density at radius 2 is 1.83 bits per heavy atom. The third-order valence-corrected chi connectivity index (χ3v) is 4.70. The fourth-order valence-electron chi connectivity index (χ4n) is 2.74. The Morgan fingerprint density at radius 1 is 1.17 bits per heavy atom. The number of anilines is 3. The van der Waals surface area contributed by atoms with E-state index in [9.17, 15) is 0 Å². The molecule has 24 heavy (non-hydrogen) atoms. The summed E-state index contributed by atoms with van der Waals surface area (Å²) in [4.78, 5) is 9.37. The van der Waals surface area contributed by atoms with Gasteiger partial charge in [-0.1, -0.05) is 18.5 Å². The highest BCUT2D eigenvalue weighted by Gasteiger charge is 2.26. The molecule has 128 valence electrons. The highest BCUT2D eigenvalue weighted by Crippen LogP contribution is 2.40. The van der Waals surface area contributed by atoms with E-state index in [0.717, 1.165) is 39.8 Å². The molecule has 2 aromatic rings. The molecule has 0 unspecified atom stereocenters. The van der Waals surface area contributed by atoms with Crippen LogP contribution in [0.5, 0.6) is 0 Å². The Morgan fingerprint density at radius 3 is 2.42 bits per heavy atom. The molecular formula is C19H25ClN4. The van der Waals surface area contributed by atoms with Crippen LogP contribution in [-0.4, -0.2) is 16.0 Å². The maximum absolute atomic E-state index is 6.14. The Kier molecular flexibility index (Phi) is 4.95. The predicted octanol–water partition coefficient (Wildman–Crippen LogP) is 5.58. The van der Waals surface area contributed by atoms with Gasteiger partial charge in [-0.05, 0) is 63.3 Å². The van der Waals surface area contributed by atoms with Crippen LogP contribution in [0.25, 0.3) is 0 Å². The lowest BCUT2D eigenvalue weighted by Gasteiger charge is -2.16. The Hall–Kier alpha value is -1.81. The number of hydrogen-bond donors (Lipinski definition) is 2. The quantitative estimate of drug-likeness (QED) is 0.718. The van der Waals surface area contributed by atoms with Crippen LogP contribution in [0.3, 0.4) is 0 Å². The van der Waals surface area contributed by atoms with Crippen LogP contribution in [0.4, 0.5) is 17.5 Å². The molecule has 3 rings (SSSR count). The summed E-state index contributed by atoms with van der Waals surface area (Å²) in [7, 11) is 0. The molecule has 2 N–H and O–H groups in total. The van der Waals surface area contributed by atoms with Gasteiger partial charge in [-0.25, -0.2) is 4.98 Å². The van der Waals surface area contributed by atoms with Crippen molar-refractivity contribution in [3.8, 4) is 0 Å². The predicted molar refractivity (Wildman–Crippen MR) is 102 cm³/mol. The van der Waals surface area contributed by atoms with Crippen LogP contribution in [0.1, 0.15) is 55.8 Å². The largest absolute Gasteiger partial charge is 0.352 e. The SMILES string of the molecule is CC[C@H](C)Nc1nc(Nc2c(C)cc(Cl)cc2C)cc(C2CC2)n1. The number of rotatable bonds is 6. The zero-order valence-corrected chi connectivity index (χ0v) is 15.5. The van der Waals surface area contributed by atoms with E-state index in [2.05, 4.69) is 49.4 Å². The highest BCUT2D eigenvalue weighted by molar-refractivity contribution is 6.30. The summed E-state index contributed by atoms with van der Waals surface area (Å²) in [5.74, 6) is 2.13. The molecule has 1 aliphatic carbocycles. The summed E-state index contributed by atoms with van der Waals surface area (Å²) < 4.78 is 0. The van der Waals surface area contributed by atoms with Gasteiger partial charge in [-0.15, -0.1) is 0 Å². The van der Waals surface area contributed by atoms with Gasteiger partial charge < -0.3 is 10.6 Å². The van der Waals surface area contributed by atoms with Crippen LogP contribution in [0.2, 0.25) is 5.02 Å². The van der Waals surface area contributed by atoms with Crippen LogP contribution in [0.15, 0.2) is 18.2 Å². The minimum Gasteiger partial charge on any atom is -0.352 e. The molecular weight excluding hydrogens is 320 g/mol. The van der Waals surface area contributed by atoms with Crippen molar-refractivity contribution in [1.29, 1.82) is 0 Å². The van der Waals surface area contributed by atoms with E-state index in [-0.39, 0.29) is 0 Å². The molecule has 1 aromatic heterocycles.